The SMILES string of the molecule is CCn1c(SCC(=O)N(C)CC(=O)NC2CC2)nnc1-c1ccc(Cl)cc1. The molecule has 7 nitrogen and oxygen atoms in total. The maximum Gasteiger partial charge on any atom is 0.239 e. The zero-order valence-electron chi connectivity index (χ0n) is 15.3. The first-order valence-corrected chi connectivity index (χ1v) is 10.2. The zero-order valence-corrected chi connectivity index (χ0v) is 16.9. The Morgan fingerprint density at radius 3 is 2.63 bits per heavy atom. The highest BCUT2D eigenvalue weighted by Gasteiger charge is 2.24. The maximum atomic E-state index is 12.3. The second-order valence-electron chi connectivity index (χ2n) is 6.44. The molecule has 1 fully saturated rings. The molecule has 1 aliphatic rings. The van der Waals surface area contributed by atoms with Crippen molar-refractivity contribution in [1.82, 2.24) is 25.0 Å². The van der Waals surface area contributed by atoms with Crippen molar-refractivity contribution in [3.8, 4) is 11.4 Å². The molecule has 3 rings (SSSR count). The van der Waals surface area contributed by atoms with Gasteiger partial charge in [-0.2, -0.15) is 0 Å². The van der Waals surface area contributed by atoms with Crippen LogP contribution >= 0.6 is 23.4 Å². The molecule has 1 N–H and O–H groups in total. The lowest BCUT2D eigenvalue weighted by Crippen LogP contribution is -2.39. The summed E-state index contributed by atoms with van der Waals surface area (Å²) in [7, 11) is 1.64. The molecule has 2 aromatic rings. The van der Waals surface area contributed by atoms with Crippen molar-refractivity contribution in [2.75, 3.05) is 19.3 Å². The summed E-state index contributed by atoms with van der Waals surface area (Å²) < 4.78 is 1.96. The maximum absolute atomic E-state index is 12.3. The zero-order chi connectivity index (χ0) is 19.4. The number of aromatic nitrogens is 3. The van der Waals surface area contributed by atoms with E-state index < -0.39 is 0 Å². The highest BCUT2D eigenvalue weighted by atomic mass is 35.5. The first kappa shape index (κ1) is 19.7. The van der Waals surface area contributed by atoms with Gasteiger partial charge in [-0.25, -0.2) is 0 Å². The van der Waals surface area contributed by atoms with Gasteiger partial charge >= 0.3 is 0 Å². The summed E-state index contributed by atoms with van der Waals surface area (Å²) in [6.45, 7) is 2.76. The fourth-order valence-electron chi connectivity index (χ4n) is 2.53. The third-order valence-corrected chi connectivity index (χ3v) is 5.41. The summed E-state index contributed by atoms with van der Waals surface area (Å²) in [4.78, 5) is 25.6. The number of nitrogens with one attached hydrogen (secondary N) is 1. The minimum atomic E-state index is -0.121. The number of likely N-dealkylation sites (N-methyl/N-ethyl adjacent to an activating group) is 1. The molecule has 2 amide bonds. The van der Waals surface area contributed by atoms with E-state index in [1.54, 1.807) is 7.05 Å². The lowest BCUT2D eigenvalue weighted by atomic mass is 10.2. The van der Waals surface area contributed by atoms with Gasteiger partial charge in [0.25, 0.3) is 0 Å². The Morgan fingerprint density at radius 2 is 2.00 bits per heavy atom. The molecule has 0 bridgehead atoms. The van der Waals surface area contributed by atoms with Crippen molar-refractivity contribution in [3.05, 3.63) is 29.3 Å². The Bertz CT molecular complexity index is 820. The molecule has 0 aliphatic heterocycles. The third-order valence-electron chi connectivity index (χ3n) is 4.21. The molecule has 9 heteroatoms. The number of rotatable bonds is 8. The topological polar surface area (TPSA) is 80.1 Å². The number of amides is 2. The normalized spacial score (nSPS) is 13.4. The molecule has 1 aliphatic carbocycles. The molecule has 0 unspecified atom stereocenters. The van der Waals surface area contributed by atoms with Crippen molar-refractivity contribution >= 4 is 35.2 Å². The lowest BCUT2D eigenvalue weighted by Gasteiger charge is -2.16. The van der Waals surface area contributed by atoms with E-state index in [9.17, 15) is 9.59 Å². The summed E-state index contributed by atoms with van der Waals surface area (Å²) in [6, 6.07) is 7.70. The second kappa shape index (κ2) is 8.75. The minimum Gasteiger partial charge on any atom is -0.352 e. The van der Waals surface area contributed by atoms with Crippen LogP contribution in [0.3, 0.4) is 0 Å². The fourth-order valence-corrected chi connectivity index (χ4v) is 3.60. The van der Waals surface area contributed by atoms with Gasteiger partial charge < -0.3 is 14.8 Å². The van der Waals surface area contributed by atoms with E-state index in [1.165, 1.54) is 16.7 Å². The van der Waals surface area contributed by atoms with Gasteiger partial charge in [0.05, 0.1) is 12.3 Å². The van der Waals surface area contributed by atoms with Gasteiger partial charge in [0, 0.05) is 30.2 Å². The Balaban J connectivity index is 1.59. The van der Waals surface area contributed by atoms with Gasteiger partial charge in [0.1, 0.15) is 0 Å². The van der Waals surface area contributed by atoms with Crippen LogP contribution in [0, 0.1) is 0 Å². The smallest absolute Gasteiger partial charge is 0.239 e. The number of benzene rings is 1. The summed E-state index contributed by atoms with van der Waals surface area (Å²) in [6.07, 6.45) is 2.06. The van der Waals surface area contributed by atoms with Crippen LogP contribution in [-0.2, 0) is 16.1 Å². The van der Waals surface area contributed by atoms with Gasteiger partial charge in [-0.15, -0.1) is 10.2 Å². The quantitative estimate of drug-likeness (QED) is 0.680. The van der Waals surface area contributed by atoms with E-state index in [1.807, 2.05) is 35.8 Å². The molecule has 1 heterocycles. The van der Waals surface area contributed by atoms with E-state index >= 15 is 0 Å². The molecule has 1 aromatic heterocycles. The third kappa shape index (κ3) is 5.23. The molecule has 0 spiro atoms. The fraction of sp³-hybridized carbons (Fsp3) is 0.444. The summed E-state index contributed by atoms with van der Waals surface area (Å²) in [5, 5.41) is 12.7. The second-order valence-corrected chi connectivity index (χ2v) is 7.82. The van der Waals surface area contributed by atoms with E-state index in [0.29, 0.717) is 22.8 Å². The van der Waals surface area contributed by atoms with E-state index in [0.717, 1.165) is 24.2 Å². The van der Waals surface area contributed by atoms with Crippen molar-refractivity contribution in [1.29, 1.82) is 0 Å². The van der Waals surface area contributed by atoms with Gasteiger partial charge in [-0.1, -0.05) is 23.4 Å². The molecule has 1 saturated carbocycles. The average molecular weight is 408 g/mol. The minimum absolute atomic E-state index is 0.0758. The Kier molecular flexibility index (Phi) is 6.38. The Morgan fingerprint density at radius 1 is 1.30 bits per heavy atom. The molecule has 27 heavy (non-hydrogen) atoms. The van der Waals surface area contributed by atoms with Crippen LogP contribution in [0.2, 0.25) is 5.02 Å². The summed E-state index contributed by atoms with van der Waals surface area (Å²) in [5.74, 6) is 0.706. The highest BCUT2D eigenvalue weighted by molar-refractivity contribution is 7.99. The van der Waals surface area contributed by atoms with Crippen molar-refractivity contribution in [2.45, 2.75) is 37.5 Å². The number of hydrogen-bond acceptors (Lipinski definition) is 5. The monoisotopic (exact) mass is 407 g/mol. The van der Waals surface area contributed by atoms with Crippen molar-refractivity contribution < 1.29 is 9.59 Å². The van der Waals surface area contributed by atoms with Crippen LogP contribution in [0.15, 0.2) is 29.4 Å². The molecular formula is C18H22ClN5O2S. The van der Waals surface area contributed by atoms with Gasteiger partial charge in [-0.3, -0.25) is 9.59 Å². The van der Waals surface area contributed by atoms with Crippen LogP contribution in [-0.4, -0.2) is 56.9 Å². The number of carbonyl (C=O) groups is 2. The number of halogens is 1. The largest absolute Gasteiger partial charge is 0.352 e. The highest BCUT2D eigenvalue weighted by Crippen LogP contribution is 2.25. The van der Waals surface area contributed by atoms with Gasteiger partial charge in [0.15, 0.2) is 11.0 Å². The van der Waals surface area contributed by atoms with Crippen LogP contribution in [0.25, 0.3) is 11.4 Å². The molecule has 1 aromatic carbocycles. The van der Waals surface area contributed by atoms with Gasteiger partial charge in [0.2, 0.25) is 11.8 Å². The lowest BCUT2D eigenvalue weighted by molar-refractivity contribution is -0.132. The molecule has 0 atom stereocenters. The van der Waals surface area contributed by atoms with E-state index in [-0.39, 0.29) is 24.1 Å². The van der Waals surface area contributed by atoms with Crippen LogP contribution in [0.5, 0.6) is 0 Å². The predicted molar refractivity (Wildman–Crippen MR) is 106 cm³/mol. The van der Waals surface area contributed by atoms with Crippen LogP contribution in [0.1, 0.15) is 19.8 Å². The average Bonchev–Trinajstić information content (AvgIpc) is 3.36. The van der Waals surface area contributed by atoms with E-state index in [2.05, 4.69) is 15.5 Å². The predicted octanol–water partition coefficient (Wildman–Crippen LogP) is 2.45. The molecule has 144 valence electrons. The van der Waals surface area contributed by atoms with Crippen molar-refractivity contribution in [3.63, 3.8) is 0 Å². The van der Waals surface area contributed by atoms with Crippen LogP contribution in [0.4, 0.5) is 0 Å². The summed E-state index contributed by atoms with van der Waals surface area (Å²) >= 11 is 7.26. The first-order chi connectivity index (χ1) is 13.0. The Hall–Kier alpha value is -2.06. The standard InChI is InChI=1S/C18H22ClN5O2S/c1-3-24-17(12-4-6-13(19)7-5-12)21-22-18(24)27-11-16(26)23(2)10-15(25)20-14-8-9-14/h4-7,14H,3,8-11H2,1-2H3,(H,20,25). The van der Waals surface area contributed by atoms with Gasteiger partial charge in [-0.05, 0) is 44.0 Å². The summed E-state index contributed by atoms with van der Waals surface area (Å²) in [5.41, 5.74) is 0.917. The molecule has 0 saturated heterocycles. The number of carbonyl (C=O) groups excluding carboxylic acids is 2. The number of thioether (sulfide) groups is 1. The van der Waals surface area contributed by atoms with Crippen LogP contribution < -0.4 is 5.32 Å². The van der Waals surface area contributed by atoms with Crippen molar-refractivity contribution in [2.24, 2.45) is 0 Å². The number of hydrogen-bond donors (Lipinski definition) is 1. The molecular weight excluding hydrogens is 386 g/mol. The first-order valence-electron chi connectivity index (χ1n) is 8.83. The van der Waals surface area contributed by atoms with E-state index in [4.69, 9.17) is 11.6 Å². The molecule has 0 radical (unpaired) electrons. The Labute approximate surface area is 167 Å². The number of nitrogens with zero attached hydrogens (tertiary/aromatic N) is 4.